The molecule has 7 nitrogen and oxygen atoms in total. The van der Waals surface area contributed by atoms with Crippen LogP contribution in [0, 0.1) is 17.5 Å². The Labute approximate surface area is 115 Å². The number of hydrogen-bond acceptors (Lipinski definition) is 3. The Hall–Kier alpha value is -2.78. The summed E-state index contributed by atoms with van der Waals surface area (Å²) in [6.45, 7) is 0. The third-order valence-corrected chi connectivity index (χ3v) is 2.24. The number of rotatable bonds is 5. The lowest BCUT2D eigenvalue weighted by molar-refractivity contribution is -0.145. The second-order valence-electron chi connectivity index (χ2n) is 3.83. The highest BCUT2D eigenvalue weighted by Gasteiger charge is 2.23. The first kappa shape index (κ1) is 16.3. The molecule has 0 aliphatic heterocycles. The molecule has 114 valence electrons. The Morgan fingerprint density at radius 2 is 1.62 bits per heavy atom. The zero-order valence-electron chi connectivity index (χ0n) is 10.2. The largest absolute Gasteiger partial charge is 0.481 e. The van der Waals surface area contributed by atoms with E-state index in [2.05, 4.69) is 0 Å². The summed E-state index contributed by atoms with van der Waals surface area (Å²) in [5.41, 5.74) is -0.731. The molecule has 2 amide bonds. The molecule has 1 aromatic carbocycles. The van der Waals surface area contributed by atoms with Crippen LogP contribution in [0.2, 0.25) is 0 Å². The summed E-state index contributed by atoms with van der Waals surface area (Å²) >= 11 is 0. The van der Waals surface area contributed by atoms with Crippen molar-refractivity contribution in [2.45, 2.75) is 12.5 Å². The minimum absolute atomic E-state index is 0.191. The molecule has 0 aliphatic rings. The number of anilines is 1. The van der Waals surface area contributed by atoms with Gasteiger partial charge in [0.25, 0.3) is 0 Å². The fourth-order valence-electron chi connectivity index (χ4n) is 1.31. The van der Waals surface area contributed by atoms with Gasteiger partial charge in [-0.2, -0.15) is 0 Å². The van der Waals surface area contributed by atoms with Crippen molar-refractivity contribution in [1.29, 1.82) is 0 Å². The van der Waals surface area contributed by atoms with Crippen LogP contribution in [0.4, 0.5) is 23.7 Å². The summed E-state index contributed by atoms with van der Waals surface area (Å²) in [5, 5.41) is 20.6. The number of urea groups is 1. The summed E-state index contributed by atoms with van der Waals surface area (Å²) in [5.74, 6) is -7.28. The highest BCUT2D eigenvalue weighted by molar-refractivity contribution is 5.93. The normalized spacial score (nSPS) is 11.6. The molecule has 0 fully saturated rings. The van der Waals surface area contributed by atoms with Crippen molar-refractivity contribution >= 4 is 23.7 Å². The number of carboxylic acid groups (broad SMARTS) is 2. The molecule has 0 spiro atoms. The van der Waals surface area contributed by atoms with E-state index in [-0.39, 0.29) is 6.07 Å². The molecule has 1 atom stereocenters. The quantitative estimate of drug-likeness (QED) is 0.609. The molecule has 0 aliphatic carbocycles. The number of hydrogen-bond donors (Lipinski definition) is 4. The van der Waals surface area contributed by atoms with Crippen molar-refractivity contribution in [3.8, 4) is 0 Å². The molecule has 0 unspecified atom stereocenters. The maximum absolute atomic E-state index is 13.2. The van der Waals surface area contributed by atoms with Crippen LogP contribution in [-0.4, -0.2) is 34.2 Å². The summed E-state index contributed by atoms with van der Waals surface area (Å²) in [6, 6.07) is -2.50. The molecule has 0 saturated heterocycles. The van der Waals surface area contributed by atoms with Gasteiger partial charge in [-0.25, -0.2) is 22.8 Å². The summed E-state index contributed by atoms with van der Waals surface area (Å²) in [6.07, 6.45) is -0.914. The lowest BCUT2D eigenvalue weighted by Gasteiger charge is -2.13. The summed E-state index contributed by atoms with van der Waals surface area (Å²) < 4.78 is 38.8. The van der Waals surface area contributed by atoms with E-state index in [0.29, 0.717) is 6.07 Å². The first-order valence-corrected chi connectivity index (χ1v) is 5.37. The molecule has 1 rings (SSSR count). The van der Waals surface area contributed by atoms with Gasteiger partial charge < -0.3 is 20.8 Å². The van der Waals surface area contributed by atoms with Gasteiger partial charge in [-0.15, -0.1) is 0 Å². The number of carboxylic acids is 2. The molecule has 0 aromatic heterocycles. The highest BCUT2D eigenvalue weighted by Crippen LogP contribution is 2.18. The van der Waals surface area contributed by atoms with Crippen molar-refractivity contribution in [3.63, 3.8) is 0 Å². The Kier molecular flexibility index (Phi) is 5.11. The standard InChI is InChI=1S/C11H9F3N2O5/c12-4-1-6(14)7(2-5(4)13)15-11(21)16-8(10(19)20)3-9(17)18/h1-2,8H,3H2,(H,17,18)(H,19,20)(H2,15,16,21)/t8-/m1/s1. The number of aliphatic carboxylic acids is 2. The first-order chi connectivity index (χ1) is 9.70. The van der Waals surface area contributed by atoms with Crippen LogP contribution in [0.25, 0.3) is 0 Å². The van der Waals surface area contributed by atoms with E-state index in [9.17, 15) is 27.6 Å². The SMILES string of the molecule is O=C(O)C[C@@H](NC(=O)Nc1cc(F)c(F)cc1F)C(=O)O. The molecular formula is C11H9F3N2O5. The van der Waals surface area contributed by atoms with Crippen molar-refractivity contribution in [1.82, 2.24) is 5.32 Å². The fourth-order valence-corrected chi connectivity index (χ4v) is 1.31. The van der Waals surface area contributed by atoms with Gasteiger partial charge in [0.1, 0.15) is 11.9 Å². The Morgan fingerprint density at radius 3 is 2.14 bits per heavy atom. The second-order valence-corrected chi connectivity index (χ2v) is 3.83. The van der Waals surface area contributed by atoms with Gasteiger partial charge in [-0.3, -0.25) is 4.79 Å². The Balaban J connectivity index is 2.79. The van der Waals surface area contributed by atoms with Crippen molar-refractivity contribution in [3.05, 3.63) is 29.6 Å². The van der Waals surface area contributed by atoms with Gasteiger partial charge in [-0.1, -0.05) is 0 Å². The molecule has 4 N–H and O–H groups in total. The average Bonchev–Trinajstić information content (AvgIpc) is 2.34. The maximum atomic E-state index is 13.2. The predicted octanol–water partition coefficient (Wildman–Crippen LogP) is 1.15. The third-order valence-electron chi connectivity index (χ3n) is 2.24. The van der Waals surface area contributed by atoms with E-state index in [4.69, 9.17) is 10.2 Å². The second kappa shape index (κ2) is 6.59. The fraction of sp³-hybridized carbons (Fsp3) is 0.182. The molecule has 0 bridgehead atoms. The van der Waals surface area contributed by atoms with E-state index in [0.717, 1.165) is 0 Å². The van der Waals surface area contributed by atoms with E-state index >= 15 is 0 Å². The maximum Gasteiger partial charge on any atom is 0.326 e. The third kappa shape index (κ3) is 4.67. The van der Waals surface area contributed by atoms with Crippen LogP contribution in [0.15, 0.2) is 12.1 Å². The van der Waals surface area contributed by atoms with Gasteiger partial charge in [0, 0.05) is 12.1 Å². The molecular weight excluding hydrogens is 297 g/mol. The van der Waals surface area contributed by atoms with Gasteiger partial charge in [0.2, 0.25) is 0 Å². The van der Waals surface area contributed by atoms with E-state index in [1.165, 1.54) is 0 Å². The number of carbonyl (C=O) groups is 3. The molecule has 21 heavy (non-hydrogen) atoms. The Bertz CT molecular complexity index is 593. The van der Waals surface area contributed by atoms with E-state index < -0.39 is 53.6 Å². The smallest absolute Gasteiger partial charge is 0.326 e. The molecule has 0 heterocycles. The van der Waals surface area contributed by atoms with Crippen LogP contribution in [-0.2, 0) is 9.59 Å². The zero-order valence-corrected chi connectivity index (χ0v) is 10.2. The average molecular weight is 306 g/mol. The van der Waals surface area contributed by atoms with Crippen molar-refractivity contribution in [2.24, 2.45) is 0 Å². The number of nitrogens with one attached hydrogen (secondary N) is 2. The predicted molar refractivity (Wildman–Crippen MR) is 62.1 cm³/mol. The number of halogens is 3. The van der Waals surface area contributed by atoms with Crippen LogP contribution in [0.5, 0.6) is 0 Å². The van der Waals surface area contributed by atoms with Gasteiger partial charge in [-0.05, 0) is 0 Å². The number of benzene rings is 1. The zero-order chi connectivity index (χ0) is 16.2. The van der Waals surface area contributed by atoms with Gasteiger partial charge in [0.05, 0.1) is 12.1 Å². The number of amides is 2. The molecule has 0 saturated carbocycles. The number of carbonyl (C=O) groups excluding carboxylic acids is 1. The van der Waals surface area contributed by atoms with Gasteiger partial charge >= 0.3 is 18.0 Å². The first-order valence-electron chi connectivity index (χ1n) is 5.37. The van der Waals surface area contributed by atoms with E-state index in [1.54, 1.807) is 10.6 Å². The van der Waals surface area contributed by atoms with Crippen LogP contribution < -0.4 is 10.6 Å². The van der Waals surface area contributed by atoms with Crippen LogP contribution in [0.1, 0.15) is 6.42 Å². The lowest BCUT2D eigenvalue weighted by Crippen LogP contribution is -2.44. The summed E-state index contributed by atoms with van der Waals surface area (Å²) in [7, 11) is 0. The molecule has 0 radical (unpaired) electrons. The Morgan fingerprint density at radius 1 is 1.05 bits per heavy atom. The molecule has 10 heteroatoms. The van der Waals surface area contributed by atoms with Crippen LogP contribution >= 0.6 is 0 Å². The van der Waals surface area contributed by atoms with Gasteiger partial charge in [0.15, 0.2) is 11.6 Å². The monoisotopic (exact) mass is 306 g/mol. The summed E-state index contributed by atoms with van der Waals surface area (Å²) in [4.78, 5) is 32.5. The van der Waals surface area contributed by atoms with E-state index in [1.807, 2.05) is 0 Å². The van der Waals surface area contributed by atoms with Crippen molar-refractivity contribution < 1.29 is 37.8 Å². The van der Waals surface area contributed by atoms with Crippen LogP contribution in [0.3, 0.4) is 0 Å². The highest BCUT2D eigenvalue weighted by atomic mass is 19.2. The minimum atomic E-state index is -1.77. The molecule has 1 aromatic rings. The van der Waals surface area contributed by atoms with Crippen molar-refractivity contribution in [2.75, 3.05) is 5.32 Å². The lowest BCUT2D eigenvalue weighted by atomic mass is 10.2. The topological polar surface area (TPSA) is 116 Å². The minimum Gasteiger partial charge on any atom is -0.481 e.